The Balaban J connectivity index is 0.00000256. The van der Waals surface area contributed by atoms with Crippen molar-refractivity contribution in [3.63, 3.8) is 0 Å². The molecule has 0 amide bonds. The van der Waals surface area contributed by atoms with Gasteiger partial charge in [-0.2, -0.15) is 0 Å². The van der Waals surface area contributed by atoms with Gasteiger partial charge in [-0.1, -0.05) is 12.1 Å². The molecule has 1 aromatic heterocycles. The van der Waals surface area contributed by atoms with E-state index in [1.54, 1.807) is 12.1 Å². The van der Waals surface area contributed by atoms with E-state index in [9.17, 15) is 10.1 Å². The predicted octanol–water partition coefficient (Wildman–Crippen LogP) is 4.80. The molecule has 2 aromatic carbocycles. The maximum Gasteiger partial charge on any atom is 0.269 e. The van der Waals surface area contributed by atoms with Crippen LogP contribution < -0.4 is 14.8 Å². The van der Waals surface area contributed by atoms with Crippen LogP contribution in [0.1, 0.15) is 36.7 Å². The Morgan fingerprint density at radius 3 is 2.53 bits per heavy atom. The molecule has 30 heavy (non-hydrogen) atoms. The van der Waals surface area contributed by atoms with E-state index in [4.69, 9.17) is 9.47 Å². The molecule has 158 valence electrons. The number of nitrogens with zero attached hydrogens (tertiary/aromatic N) is 2. The number of aromatic nitrogens is 1. The highest BCUT2D eigenvalue weighted by atomic mass is 35.5. The first-order valence-corrected chi connectivity index (χ1v) is 9.70. The van der Waals surface area contributed by atoms with Crippen LogP contribution in [0.5, 0.6) is 11.5 Å². The lowest BCUT2D eigenvalue weighted by Gasteiger charge is -2.18. The molecule has 1 aliphatic heterocycles. The number of fused-ring (bicyclic) bond motifs is 3. The first kappa shape index (κ1) is 21.7. The summed E-state index contributed by atoms with van der Waals surface area (Å²) in [4.78, 5) is 10.9. The molecule has 7 nitrogen and oxygen atoms in total. The molecular weight excluding hydrogens is 406 g/mol. The molecule has 0 aliphatic carbocycles. The summed E-state index contributed by atoms with van der Waals surface area (Å²) < 4.78 is 13.7. The molecule has 2 heterocycles. The number of nitrogens with one attached hydrogen (secondary N) is 1. The van der Waals surface area contributed by atoms with Gasteiger partial charge in [-0.25, -0.2) is 0 Å². The number of halogens is 1. The van der Waals surface area contributed by atoms with Crippen LogP contribution in [-0.4, -0.2) is 22.7 Å². The zero-order chi connectivity index (χ0) is 20.4. The standard InChI is InChI=1S/C22H23N3O4.ClH/c1-3-28-20-12-16-14-23-22(15-7-5-8-17(11-15)25(26)27)18-9-6-10-24(18)19(16)13-21(20)29-4-2;/h5-13,22-23H,3-4,14H2,1-2H3;1H. The number of nitro benzene ring substituents is 1. The second kappa shape index (κ2) is 9.19. The molecule has 0 spiro atoms. The monoisotopic (exact) mass is 429 g/mol. The minimum atomic E-state index is -0.364. The molecule has 1 unspecified atom stereocenters. The van der Waals surface area contributed by atoms with Crippen LogP contribution in [0.15, 0.2) is 54.7 Å². The summed E-state index contributed by atoms with van der Waals surface area (Å²) in [5, 5.41) is 14.8. The van der Waals surface area contributed by atoms with Gasteiger partial charge in [0.1, 0.15) is 0 Å². The molecule has 1 aliphatic rings. The second-order valence-corrected chi connectivity index (χ2v) is 6.76. The van der Waals surface area contributed by atoms with Crippen LogP contribution >= 0.6 is 12.4 Å². The number of hydrogen-bond acceptors (Lipinski definition) is 5. The summed E-state index contributed by atoms with van der Waals surface area (Å²) in [6, 6.07) is 14.6. The van der Waals surface area contributed by atoms with E-state index in [2.05, 4.69) is 9.88 Å². The van der Waals surface area contributed by atoms with Crippen molar-refractivity contribution in [3.05, 3.63) is 81.7 Å². The largest absolute Gasteiger partial charge is 0.490 e. The average molecular weight is 430 g/mol. The third kappa shape index (κ3) is 3.99. The Hall–Kier alpha value is -3.03. The molecular formula is C22H24ClN3O4. The van der Waals surface area contributed by atoms with Crippen molar-refractivity contribution in [2.75, 3.05) is 13.2 Å². The maximum atomic E-state index is 11.2. The van der Waals surface area contributed by atoms with Crippen molar-refractivity contribution in [2.45, 2.75) is 26.4 Å². The van der Waals surface area contributed by atoms with Crippen molar-refractivity contribution >= 4 is 18.1 Å². The van der Waals surface area contributed by atoms with Gasteiger partial charge in [0.15, 0.2) is 11.5 Å². The van der Waals surface area contributed by atoms with E-state index in [1.807, 2.05) is 50.4 Å². The first-order chi connectivity index (χ1) is 14.1. The number of non-ortho nitro benzene ring substituents is 1. The zero-order valence-corrected chi connectivity index (χ0v) is 17.6. The van der Waals surface area contributed by atoms with E-state index in [1.165, 1.54) is 6.07 Å². The number of nitro groups is 1. The molecule has 8 heteroatoms. The minimum absolute atomic E-state index is 0. The van der Waals surface area contributed by atoms with Gasteiger partial charge in [0.05, 0.1) is 29.9 Å². The summed E-state index contributed by atoms with van der Waals surface area (Å²) in [5.74, 6) is 1.43. The van der Waals surface area contributed by atoms with Crippen LogP contribution in [0.4, 0.5) is 5.69 Å². The molecule has 3 aromatic rings. The summed E-state index contributed by atoms with van der Waals surface area (Å²) in [6.07, 6.45) is 2.00. The van der Waals surface area contributed by atoms with E-state index < -0.39 is 0 Å². The molecule has 0 radical (unpaired) electrons. The smallest absolute Gasteiger partial charge is 0.269 e. The van der Waals surface area contributed by atoms with Gasteiger partial charge in [0.25, 0.3) is 5.69 Å². The van der Waals surface area contributed by atoms with Gasteiger partial charge in [-0.3, -0.25) is 10.1 Å². The van der Waals surface area contributed by atoms with Crippen molar-refractivity contribution in [1.29, 1.82) is 0 Å². The SMILES string of the molecule is CCOc1cc2c(cc1OCC)-n1cccc1C(c1cccc([N+](=O)[O-])c1)NC2.Cl. The zero-order valence-electron chi connectivity index (χ0n) is 16.8. The van der Waals surface area contributed by atoms with E-state index in [-0.39, 0.29) is 29.1 Å². The summed E-state index contributed by atoms with van der Waals surface area (Å²) in [6.45, 7) is 5.59. The van der Waals surface area contributed by atoms with E-state index >= 15 is 0 Å². The summed E-state index contributed by atoms with van der Waals surface area (Å²) in [5.41, 5.74) is 4.03. The highest BCUT2D eigenvalue weighted by Crippen LogP contribution is 2.37. The Morgan fingerprint density at radius 1 is 1.10 bits per heavy atom. The highest BCUT2D eigenvalue weighted by molar-refractivity contribution is 5.85. The third-order valence-electron chi connectivity index (χ3n) is 4.99. The second-order valence-electron chi connectivity index (χ2n) is 6.76. The molecule has 0 bridgehead atoms. The number of rotatable bonds is 6. The van der Waals surface area contributed by atoms with Gasteiger partial charge in [0, 0.05) is 36.6 Å². The quantitative estimate of drug-likeness (QED) is 0.450. The van der Waals surface area contributed by atoms with Crippen LogP contribution in [0, 0.1) is 10.1 Å². The van der Waals surface area contributed by atoms with Gasteiger partial charge in [-0.05, 0) is 43.2 Å². The number of benzene rings is 2. The van der Waals surface area contributed by atoms with Crippen molar-refractivity contribution in [2.24, 2.45) is 0 Å². The highest BCUT2D eigenvalue weighted by Gasteiger charge is 2.25. The maximum absolute atomic E-state index is 11.2. The number of ether oxygens (including phenoxy) is 2. The van der Waals surface area contributed by atoms with Crippen molar-refractivity contribution in [1.82, 2.24) is 9.88 Å². The fraction of sp³-hybridized carbons (Fsp3) is 0.273. The Bertz CT molecular complexity index is 1050. The lowest BCUT2D eigenvalue weighted by atomic mass is 10.0. The molecule has 4 rings (SSSR count). The van der Waals surface area contributed by atoms with E-state index in [0.717, 1.165) is 28.3 Å². The molecule has 0 fully saturated rings. The fourth-order valence-corrected chi connectivity index (χ4v) is 3.77. The normalized spacial score (nSPS) is 14.7. The Labute approximate surface area is 181 Å². The molecule has 1 atom stereocenters. The van der Waals surface area contributed by atoms with Crippen molar-refractivity contribution < 1.29 is 14.4 Å². The topological polar surface area (TPSA) is 78.6 Å². The van der Waals surface area contributed by atoms with Gasteiger partial charge < -0.3 is 19.4 Å². The lowest BCUT2D eigenvalue weighted by molar-refractivity contribution is -0.384. The van der Waals surface area contributed by atoms with Crippen molar-refractivity contribution in [3.8, 4) is 17.2 Å². The summed E-state index contributed by atoms with van der Waals surface area (Å²) >= 11 is 0. The third-order valence-corrected chi connectivity index (χ3v) is 4.99. The van der Waals surface area contributed by atoms with Gasteiger partial charge in [-0.15, -0.1) is 12.4 Å². The van der Waals surface area contributed by atoms with Crippen LogP contribution in [-0.2, 0) is 6.54 Å². The molecule has 1 N–H and O–H groups in total. The number of hydrogen-bond donors (Lipinski definition) is 1. The van der Waals surface area contributed by atoms with Crippen LogP contribution in [0.2, 0.25) is 0 Å². The Kier molecular flexibility index (Phi) is 6.64. The van der Waals surface area contributed by atoms with Gasteiger partial charge >= 0.3 is 0 Å². The Morgan fingerprint density at radius 2 is 1.83 bits per heavy atom. The van der Waals surface area contributed by atoms with E-state index in [0.29, 0.717) is 25.5 Å². The fourth-order valence-electron chi connectivity index (χ4n) is 3.77. The predicted molar refractivity (Wildman–Crippen MR) is 117 cm³/mol. The average Bonchev–Trinajstić information content (AvgIpc) is 3.14. The molecule has 0 saturated carbocycles. The van der Waals surface area contributed by atoms with Gasteiger partial charge in [0.2, 0.25) is 0 Å². The van der Waals surface area contributed by atoms with Crippen LogP contribution in [0.3, 0.4) is 0 Å². The molecule has 0 saturated heterocycles. The minimum Gasteiger partial charge on any atom is -0.490 e. The lowest BCUT2D eigenvalue weighted by Crippen LogP contribution is -2.21. The van der Waals surface area contributed by atoms with Crippen LogP contribution in [0.25, 0.3) is 5.69 Å². The first-order valence-electron chi connectivity index (χ1n) is 9.70. The summed E-state index contributed by atoms with van der Waals surface area (Å²) in [7, 11) is 0.